The summed E-state index contributed by atoms with van der Waals surface area (Å²) in [7, 11) is -3.41. The van der Waals surface area contributed by atoms with Gasteiger partial charge in [0.05, 0.1) is 25.0 Å². The van der Waals surface area contributed by atoms with E-state index in [0.717, 1.165) is 37.7 Å². The lowest BCUT2D eigenvalue weighted by molar-refractivity contribution is -0.0114. The molecule has 3 aliphatic heterocycles. The zero-order valence-electron chi connectivity index (χ0n) is 18.2. The van der Waals surface area contributed by atoms with Crippen LogP contribution in [0.15, 0.2) is 24.3 Å². The normalized spacial score (nSPS) is 32.3. The number of rotatable bonds is 2. The lowest BCUT2D eigenvalue weighted by Gasteiger charge is -2.33. The van der Waals surface area contributed by atoms with E-state index in [1.807, 2.05) is 19.1 Å². The Bertz CT molecular complexity index is 884. The van der Waals surface area contributed by atoms with Crippen molar-refractivity contribution in [3.8, 4) is 5.75 Å². The maximum absolute atomic E-state index is 12.9. The standard InChI is InChI=1S/C22H32N2O6S/c1-15-12-20(23-31(2,26)27)21-14-30-18-8-6-16(7-9-18)17-4-3-5-19(13-17)28-10-11-29-22(25)24(15)21/h3-5,13,15-16,18,20-21,23H,6-12,14H2,1-2H3. The number of ether oxygens (including phenoxy) is 3. The van der Waals surface area contributed by atoms with Gasteiger partial charge in [0, 0.05) is 12.1 Å². The molecule has 0 aromatic heterocycles. The number of fused-ring (bicyclic) bond motifs is 7. The molecule has 9 heteroatoms. The summed E-state index contributed by atoms with van der Waals surface area (Å²) in [6.07, 6.45) is 5.24. The van der Waals surface area contributed by atoms with Crippen molar-refractivity contribution in [2.24, 2.45) is 0 Å². The van der Waals surface area contributed by atoms with Crippen LogP contribution in [0.4, 0.5) is 4.79 Å². The van der Waals surface area contributed by atoms with Crippen molar-refractivity contribution < 1.29 is 27.4 Å². The molecule has 1 saturated heterocycles. The van der Waals surface area contributed by atoms with Crippen LogP contribution >= 0.6 is 0 Å². The molecule has 3 unspecified atom stereocenters. The number of carbonyl (C=O) groups is 1. The van der Waals surface area contributed by atoms with Crippen LogP contribution in [0.5, 0.6) is 5.75 Å². The van der Waals surface area contributed by atoms with E-state index >= 15 is 0 Å². The van der Waals surface area contributed by atoms with Crippen molar-refractivity contribution in [1.82, 2.24) is 9.62 Å². The molecule has 1 aromatic carbocycles. The highest BCUT2D eigenvalue weighted by atomic mass is 32.2. The second-order valence-corrected chi connectivity index (χ2v) is 10.7. The molecule has 1 aromatic rings. The van der Waals surface area contributed by atoms with Crippen LogP contribution in [-0.2, 0) is 19.5 Å². The highest BCUT2D eigenvalue weighted by Crippen LogP contribution is 2.36. The van der Waals surface area contributed by atoms with Gasteiger partial charge in [-0.15, -0.1) is 0 Å². The number of sulfonamides is 1. The molecule has 0 radical (unpaired) electrons. The Morgan fingerprint density at radius 1 is 1.10 bits per heavy atom. The Labute approximate surface area is 184 Å². The van der Waals surface area contributed by atoms with Crippen LogP contribution in [-0.4, -0.2) is 69.7 Å². The number of carbonyl (C=O) groups excluding carboxylic acids is 1. The molecule has 4 bridgehead atoms. The molecule has 2 fully saturated rings. The Hall–Kier alpha value is -1.84. The van der Waals surface area contributed by atoms with Crippen LogP contribution in [0.2, 0.25) is 0 Å². The van der Waals surface area contributed by atoms with E-state index in [2.05, 4.69) is 16.9 Å². The first-order valence-electron chi connectivity index (χ1n) is 11.1. The molecule has 8 nitrogen and oxygen atoms in total. The van der Waals surface area contributed by atoms with Gasteiger partial charge >= 0.3 is 6.09 Å². The van der Waals surface area contributed by atoms with Gasteiger partial charge in [-0.25, -0.2) is 17.9 Å². The molecular weight excluding hydrogens is 420 g/mol. The molecule has 172 valence electrons. The van der Waals surface area contributed by atoms with E-state index in [0.29, 0.717) is 12.3 Å². The third-order valence-corrected chi connectivity index (χ3v) is 7.28. The fourth-order valence-electron chi connectivity index (χ4n) is 5.09. The van der Waals surface area contributed by atoms with Crippen molar-refractivity contribution in [3.63, 3.8) is 0 Å². The zero-order chi connectivity index (χ0) is 22.0. The molecule has 1 aliphatic carbocycles. The topological polar surface area (TPSA) is 94.2 Å². The zero-order valence-corrected chi connectivity index (χ0v) is 19.0. The maximum Gasteiger partial charge on any atom is 0.410 e. The highest BCUT2D eigenvalue weighted by molar-refractivity contribution is 7.88. The summed E-state index contributed by atoms with van der Waals surface area (Å²) in [6, 6.07) is 7.19. The number of hydrogen-bond acceptors (Lipinski definition) is 6. The van der Waals surface area contributed by atoms with E-state index in [-0.39, 0.29) is 32.0 Å². The van der Waals surface area contributed by atoms with Gasteiger partial charge in [-0.3, -0.25) is 4.90 Å². The average Bonchev–Trinajstić information content (AvgIpc) is 3.02. The summed E-state index contributed by atoms with van der Waals surface area (Å²) in [5, 5.41) is 0. The number of hydrogen-bond donors (Lipinski definition) is 1. The largest absolute Gasteiger partial charge is 0.490 e. The summed E-state index contributed by atoms with van der Waals surface area (Å²) in [6.45, 7) is 2.57. The number of benzene rings is 1. The quantitative estimate of drug-likeness (QED) is 0.741. The predicted octanol–water partition coefficient (Wildman–Crippen LogP) is 2.64. The molecular formula is C22H32N2O6S. The van der Waals surface area contributed by atoms with E-state index < -0.39 is 28.2 Å². The highest BCUT2D eigenvalue weighted by Gasteiger charge is 2.44. The van der Waals surface area contributed by atoms with Crippen LogP contribution in [0, 0.1) is 0 Å². The molecule has 1 saturated carbocycles. The van der Waals surface area contributed by atoms with Gasteiger partial charge in [0.15, 0.2) is 0 Å². The summed E-state index contributed by atoms with van der Waals surface area (Å²) in [5.74, 6) is 1.26. The first-order chi connectivity index (χ1) is 14.8. The fourth-order valence-corrected chi connectivity index (χ4v) is 5.89. The van der Waals surface area contributed by atoms with E-state index in [1.54, 1.807) is 4.90 Å². The van der Waals surface area contributed by atoms with Gasteiger partial charge in [-0.05, 0) is 62.6 Å². The summed E-state index contributed by atoms with van der Waals surface area (Å²) < 4.78 is 44.0. The van der Waals surface area contributed by atoms with Crippen molar-refractivity contribution in [3.05, 3.63) is 29.8 Å². The van der Waals surface area contributed by atoms with Crippen LogP contribution in [0.3, 0.4) is 0 Å². The Morgan fingerprint density at radius 3 is 2.58 bits per heavy atom. The minimum atomic E-state index is -3.41. The molecule has 0 spiro atoms. The number of amides is 1. The van der Waals surface area contributed by atoms with Crippen molar-refractivity contribution in [2.45, 2.75) is 69.2 Å². The molecule has 1 N–H and O–H groups in total. The average molecular weight is 453 g/mol. The monoisotopic (exact) mass is 452 g/mol. The lowest BCUT2D eigenvalue weighted by Crippen LogP contribution is -2.50. The van der Waals surface area contributed by atoms with E-state index in [1.165, 1.54) is 5.56 Å². The minimum Gasteiger partial charge on any atom is -0.490 e. The van der Waals surface area contributed by atoms with Gasteiger partial charge in [0.2, 0.25) is 10.0 Å². The molecule has 3 heterocycles. The van der Waals surface area contributed by atoms with Gasteiger partial charge in [0.25, 0.3) is 0 Å². The summed E-state index contributed by atoms with van der Waals surface area (Å²) in [5.41, 5.74) is 1.27. The molecule has 31 heavy (non-hydrogen) atoms. The number of nitrogens with one attached hydrogen (secondary N) is 1. The van der Waals surface area contributed by atoms with E-state index in [9.17, 15) is 13.2 Å². The van der Waals surface area contributed by atoms with Crippen molar-refractivity contribution in [1.29, 1.82) is 0 Å². The van der Waals surface area contributed by atoms with Gasteiger partial charge in [0.1, 0.15) is 19.0 Å². The fraction of sp³-hybridized carbons (Fsp3) is 0.682. The second kappa shape index (κ2) is 9.34. The Balaban J connectivity index is 1.54. The molecule has 4 aliphatic rings. The van der Waals surface area contributed by atoms with Crippen LogP contribution in [0.1, 0.15) is 50.5 Å². The third-order valence-electron chi connectivity index (χ3n) is 6.55. The smallest absolute Gasteiger partial charge is 0.410 e. The maximum atomic E-state index is 12.9. The molecule has 1 amide bonds. The predicted molar refractivity (Wildman–Crippen MR) is 116 cm³/mol. The lowest BCUT2D eigenvalue weighted by atomic mass is 9.82. The molecule has 3 atom stereocenters. The van der Waals surface area contributed by atoms with Gasteiger partial charge < -0.3 is 14.2 Å². The number of nitrogens with zero attached hydrogens (tertiary/aromatic N) is 1. The minimum absolute atomic E-state index is 0.108. The SMILES string of the molecule is CC1CC(NS(C)(=O)=O)C2COC3CCC(CC3)c3cccc(c3)OCCOC(=O)N12. The molecule has 5 rings (SSSR count). The van der Waals surface area contributed by atoms with Crippen molar-refractivity contribution in [2.75, 3.05) is 26.1 Å². The summed E-state index contributed by atoms with van der Waals surface area (Å²) in [4.78, 5) is 14.5. The van der Waals surface area contributed by atoms with Gasteiger partial charge in [-0.1, -0.05) is 12.1 Å². The van der Waals surface area contributed by atoms with Crippen LogP contribution in [0.25, 0.3) is 0 Å². The third kappa shape index (κ3) is 5.51. The van der Waals surface area contributed by atoms with Gasteiger partial charge in [-0.2, -0.15) is 0 Å². The Kier molecular flexibility index (Phi) is 6.74. The Morgan fingerprint density at radius 2 is 1.84 bits per heavy atom. The second-order valence-electron chi connectivity index (χ2n) is 8.90. The first-order valence-corrected chi connectivity index (χ1v) is 13.0. The van der Waals surface area contributed by atoms with Crippen LogP contribution < -0.4 is 9.46 Å². The van der Waals surface area contributed by atoms with E-state index in [4.69, 9.17) is 14.2 Å². The first kappa shape index (κ1) is 22.4. The summed E-state index contributed by atoms with van der Waals surface area (Å²) >= 11 is 0. The van der Waals surface area contributed by atoms with Crippen molar-refractivity contribution >= 4 is 16.1 Å².